The number of rotatable bonds is 9. The van der Waals surface area contributed by atoms with Crippen LogP contribution < -0.4 is 15.4 Å². The van der Waals surface area contributed by atoms with Crippen LogP contribution in [-0.2, 0) is 22.6 Å². The highest BCUT2D eigenvalue weighted by Gasteiger charge is 2.37. The maximum absolute atomic E-state index is 12.5. The molecule has 4 amide bonds. The van der Waals surface area contributed by atoms with Gasteiger partial charge in [0.1, 0.15) is 11.8 Å². The van der Waals surface area contributed by atoms with E-state index < -0.39 is 12.1 Å². The van der Waals surface area contributed by atoms with Crippen LogP contribution in [-0.4, -0.2) is 42.4 Å². The molecule has 2 N–H and O–H groups in total. The first-order valence-electron chi connectivity index (χ1n) is 9.62. The van der Waals surface area contributed by atoms with E-state index in [2.05, 4.69) is 10.6 Å². The van der Waals surface area contributed by atoms with Gasteiger partial charge in [0.25, 0.3) is 5.91 Å². The summed E-state index contributed by atoms with van der Waals surface area (Å²) in [7, 11) is 1.60. The van der Waals surface area contributed by atoms with Crippen molar-refractivity contribution in [2.75, 3.05) is 13.7 Å². The van der Waals surface area contributed by atoms with Gasteiger partial charge in [0.05, 0.1) is 7.11 Å². The molecule has 3 rings (SSSR count). The van der Waals surface area contributed by atoms with Crippen LogP contribution in [0.25, 0.3) is 0 Å². The third kappa shape index (κ3) is 5.57. The smallest absolute Gasteiger partial charge is 0.324 e. The van der Waals surface area contributed by atoms with Crippen LogP contribution in [0.4, 0.5) is 4.79 Å². The first-order chi connectivity index (χ1) is 14.1. The largest absolute Gasteiger partial charge is 0.497 e. The fourth-order valence-corrected chi connectivity index (χ4v) is 3.18. The predicted molar refractivity (Wildman–Crippen MR) is 108 cm³/mol. The van der Waals surface area contributed by atoms with E-state index in [-0.39, 0.29) is 24.7 Å². The summed E-state index contributed by atoms with van der Waals surface area (Å²) in [5.74, 6) is 0.335. The Balaban J connectivity index is 1.43. The van der Waals surface area contributed by atoms with Crippen molar-refractivity contribution in [1.29, 1.82) is 0 Å². The molecule has 152 valence electrons. The number of ether oxygens (including phenoxy) is 1. The van der Waals surface area contributed by atoms with E-state index in [1.807, 2.05) is 54.6 Å². The van der Waals surface area contributed by atoms with E-state index >= 15 is 0 Å². The summed E-state index contributed by atoms with van der Waals surface area (Å²) in [5, 5.41) is 5.50. The minimum atomic E-state index is -0.652. The third-order valence-corrected chi connectivity index (χ3v) is 4.88. The van der Waals surface area contributed by atoms with Crippen molar-refractivity contribution >= 4 is 17.8 Å². The number of carbonyl (C=O) groups is 3. The number of nitrogens with zero attached hydrogens (tertiary/aromatic N) is 1. The highest BCUT2D eigenvalue weighted by atomic mass is 16.5. The Labute approximate surface area is 170 Å². The summed E-state index contributed by atoms with van der Waals surface area (Å²) in [4.78, 5) is 37.9. The fourth-order valence-electron chi connectivity index (χ4n) is 3.18. The number of carbonyl (C=O) groups excluding carboxylic acids is 3. The second kappa shape index (κ2) is 9.73. The molecule has 29 heavy (non-hydrogen) atoms. The van der Waals surface area contributed by atoms with Gasteiger partial charge in [0, 0.05) is 19.5 Å². The predicted octanol–water partition coefficient (Wildman–Crippen LogP) is 2.25. The van der Waals surface area contributed by atoms with Crippen LogP contribution in [0.15, 0.2) is 54.6 Å². The Morgan fingerprint density at radius 2 is 1.79 bits per heavy atom. The molecule has 1 heterocycles. The van der Waals surface area contributed by atoms with E-state index in [0.29, 0.717) is 19.5 Å². The molecule has 1 aliphatic rings. The van der Waals surface area contributed by atoms with Gasteiger partial charge in [-0.2, -0.15) is 0 Å². The van der Waals surface area contributed by atoms with Gasteiger partial charge in [-0.1, -0.05) is 42.5 Å². The number of nitrogens with one attached hydrogen (secondary N) is 2. The molecule has 2 aromatic rings. The number of hydrogen-bond donors (Lipinski definition) is 2. The third-order valence-electron chi connectivity index (χ3n) is 4.88. The molecule has 1 aliphatic heterocycles. The van der Waals surface area contributed by atoms with E-state index in [0.717, 1.165) is 16.9 Å². The molecule has 0 spiro atoms. The summed E-state index contributed by atoms with van der Waals surface area (Å²) in [5.41, 5.74) is 2.02. The second-order valence-corrected chi connectivity index (χ2v) is 6.89. The molecule has 0 radical (unpaired) electrons. The molecule has 2 aromatic carbocycles. The summed E-state index contributed by atoms with van der Waals surface area (Å²) in [6, 6.07) is 16.1. The van der Waals surface area contributed by atoms with E-state index in [9.17, 15) is 14.4 Å². The number of imide groups is 1. The number of methoxy groups -OCH3 is 1. The maximum Gasteiger partial charge on any atom is 0.324 e. The lowest BCUT2D eigenvalue weighted by Crippen LogP contribution is -2.34. The zero-order valence-electron chi connectivity index (χ0n) is 16.4. The molecule has 7 nitrogen and oxygen atoms in total. The fraction of sp³-hybridized carbons (Fsp3) is 0.318. The molecule has 7 heteroatoms. The van der Waals surface area contributed by atoms with Crippen molar-refractivity contribution in [3.63, 3.8) is 0 Å². The van der Waals surface area contributed by atoms with Crippen LogP contribution in [0.2, 0.25) is 0 Å². The monoisotopic (exact) mass is 395 g/mol. The first kappa shape index (κ1) is 20.4. The van der Waals surface area contributed by atoms with Gasteiger partial charge in [-0.05, 0) is 36.1 Å². The topological polar surface area (TPSA) is 87.7 Å². The molecular formula is C22H25N3O4. The zero-order chi connectivity index (χ0) is 20.6. The highest BCUT2D eigenvalue weighted by Crippen LogP contribution is 2.15. The number of amides is 4. The van der Waals surface area contributed by atoms with Gasteiger partial charge in [-0.3, -0.25) is 14.5 Å². The Kier molecular flexibility index (Phi) is 6.84. The SMILES string of the molecule is COc1ccc(CCN2C(=O)NC(CCC(=O)NCc3ccccc3)C2=O)cc1. The molecule has 0 aliphatic carbocycles. The lowest BCUT2D eigenvalue weighted by molar-refractivity contribution is -0.127. The van der Waals surface area contributed by atoms with Gasteiger partial charge >= 0.3 is 6.03 Å². The van der Waals surface area contributed by atoms with Crippen LogP contribution in [0.5, 0.6) is 5.75 Å². The standard InChI is InChI=1S/C22H25N3O4/c1-29-18-9-7-16(8-10-18)13-14-25-21(27)19(24-22(25)28)11-12-20(26)23-15-17-5-3-2-4-6-17/h2-10,19H,11-15H2,1H3,(H,23,26)(H,24,28). The van der Waals surface area contributed by atoms with Gasteiger partial charge < -0.3 is 15.4 Å². The van der Waals surface area contributed by atoms with Gasteiger partial charge in [-0.25, -0.2) is 4.79 Å². The normalized spacial score (nSPS) is 15.9. The lowest BCUT2D eigenvalue weighted by atomic mass is 10.1. The average Bonchev–Trinajstić information content (AvgIpc) is 3.03. The zero-order valence-corrected chi connectivity index (χ0v) is 16.4. The summed E-state index contributed by atoms with van der Waals surface area (Å²) < 4.78 is 5.12. The molecule has 0 aromatic heterocycles. The van der Waals surface area contributed by atoms with Crippen molar-refractivity contribution in [2.45, 2.75) is 31.8 Å². The van der Waals surface area contributed by atoms with E-state index in [1.165, 1.54) is 4.90 Å². The van der Waals surface area contributed by atoms with Gasteiger partial charge in [-0.15, -0.1) is 0 Å². The first-order valence-corrected chi connectivity index (χ1v) is 9.62. The minimum absolute atomic E-state index is 0.146. The van der Waals surface area contributed by atoms with Crippen LogP contribution in [0.1, 0.15) is 24.0 Å². The van der Waals surface area contributed by atoms with Crippen molar-refractivity contribution in [3.05, 3.63) is 65.7 Å². The van der Waals surface area contributed by atoms with Crippen LogP contribution in [0.3, 0.4) is 0 Å². The number of hydrogen-bond acceptors (Lipinski definition) is 4. The van der Waals surface area contributed by atoms with Crippen LogP contribution >= 0.6 is 0 Å². The number of benzene rings is 2. The molecule has 1 saturated heterocycles. The molecule has 1 unspecified atom stereocenters. The quantitative estimate of drug-likeness (QED) is 0.638. The van der Waals surface area contributed by atoms with Gasteiger partial charge in [0.2, 0.25) is 5.91 Å². The molecular weight excluding hydrogens is 370 g/mol. The Morgan fingerprint density at radius 1 is 1.07 bits per heavy atom. The Hall–Kier alpha value is -3.35. The summed E-state index contributed by atoms with van der Waals surface area (Å²) in [6.45, 7) is 0.742. The summed E-state index contributed by atoms with van der Waals surface area (Å²) in [6.07, 6.45) is 1.02. The Morgan fingerprint density at radius 3 is 2.48 bits per heavy atom. The average molecular weight is 395 g/mol. The number of urea groups is 1. The second-order valence-electron chi connectivity index (χ2n) is 6.89. The van der Waals surface area contributed by atoms with Crippen molar-refractivity contribution in [3.8, 4) is 5.75 Å². The van der Waals surface area contributed by atoms with E-state index in [1.54, 1.807) is 7.11 Å². The lowest BCUT2D eigenvalue weighted by Gasteiger charge is -2.13. The summed E-state index contributed by atoms with van der Waals surface area (Å²) >= 11 is 0. The van der Waals surface area contributed by atoms with Gasteiger partial charge in [0.15, 0.2) is 0 Å². The Bertz CT molecular complexity index is 852. The molecule has 0 saturated carbocycles. The maximum atomic E-state index is 12.5. The minimum Gasteiger partial charge on any atom is -0.497 e. The van der Waals surface area contributed by atoms with Crippen molar-refractivity contribution < 1.29 is 19.1 Å². The molecule has 1 atom stereocenters. The highest BCUT2D eigenvalue weighted by molar-refractivity contribution is 6.04. The van der Waals surface area contributed by atoms with Crippen LogP contribution in [0, 0.1) is 0 Å². The molecule has 0 bridgehead atoms. The van der Waals surface area contributed by atoms with E-state index in [4.69, 9.17) is 4.74 Å². The van der Waals surface area contributed by atoms with Crippen molar-refractivity contribution in [1.82, 2.24) is 15.5 Å². The van der Waals surface area contributed by atoms with Crippen molar-refractivity contribution in [2.24, 2.45) is 0 Å². The molecule has 1 fully saturated rings.